The maximum absolute atomic E-state index is 12.9. The number of para-hydroxylation sites is 1. The smallest absolute Gasteiger partial charge is 0.304 e. The third-order valence-corrected chi connectivity index (χ3v) is 5.33. The second-order valence-corrected chi connectivity index (χ2v) is 7.29. The molecule has 4 rings (SSSR count). The minimum atomic E-state index is -0.794. The summed E-state index contributed by atoms with van der Waals surface area (Å²) >= 11 is 0. The number of hydrazine groups is 1. The van der Waals surface area contributed by atoms with Crippen LogP contribution in [0, 0.1) is 0 Å². The average Bonchev–Trinajstić information content (AvgIpc) is 3.14. The number of amides is 2. The van der Waals surface area contributed by atoms with Crippen molar-refractivity contribution in [2.75, 3.05) is 14.2 Å². The quantitative estimate of drug-likeness (QED) is 0.590. The molecule has 2 atom stereocenters. The van der Waals surface area contributed by atoms with Gasteiger partial charge in [-0.25, -0.2) is 0 Å². The number of rotatable bonds is 6. The van der Waals surface area contributed by atoms with Crippen LogP contribution in [-0.2, 0) is 4.79 Å². The van der Waals surface area contributed by atoms with Crippen LogP contribution in [0.4, 0.5) is 0 Å². The molecule has 1 fully saturated rings. The number of nitrogens with zero attached hydrogens (tertiary/aromatic N) is 1. The lowest BCUT2D eigenvalue weighted by Crippen LogP contribution is -2.42. The monoisotopic (exact) mass is 430 g/mol. The molecule has 0 aliphatic carbocycles. The van der Waals surface area contributed by atoms with Crippen molar-refractivity contribution in [3.63, 3.8) is 0 Å². The molecule has 1 aliphatic heterocycles. The molecule has 1 saturated heterocycles. The van der Waals surface area contributed by atoms with E-state index in [1.807, 2.05) is 60.8 Å². The van der Waals surface area contributed by atoms with Crippen molar-refractivity contribution in [1.82, 2.24) is 10.7 Å². The van der Waals surface area contributed by atoms with Gasteiger partial charge < -0.3 is 14.8 Å². The van der Waals surface area contributed by atoms with Crippen LogP contribution in [0.25, 0.3) is 0 Å². The molecule has 32 heavy (non-hydrogen) atoms. The Morgan fingerprint density at radius 3 is 2.31 bits per heavy atom. The van der Waals surface area contributed by atoms with E-state index >= 15 is 0 Å². The van der Waals surface area contributed by atoms with Crippen molar-refractivity contribution in [2.24, 2.45) is 0 Å². The van der Waals surface area contributed by atoms with E-state index in [1.54, 1.807) is 43.2 Å². The van der Waals surface area contributed by atoms with Gasteiger partial charge in [-0.15, -0.1) is 10.1 Å². The Bertz CT molecular complexity index is 1140. The number of hydrogen-bond donors (Lipinski definition) is 2. The van der Waals surface area contributed by atoms with Gasteiger partial charge in [0, 0.05) is 11.1 Å². The van der Waals surface area contributed by atoms with E-state index in [2.05, 4.69) is 10.7 Å². The Morgan fingerprint density at radius 2 is 1.62 bits per heavy atom. The summed E-state index contributed by atoms with van der Waals surface area (Å²) in [6, 6.07) is 22.6. The van der Waals surface area contributed by atoms with Gasteiger partial charge in [0.1, 0.15) is 11.5 Å². The summed E-state index contributed by atoms with van der Waals surface area (Å²) in [5, 5.41) is 2.89. The number of benzene rings is 3. The Labute approximate surface area is 186 Å². The van der Waals surface area contributed by atoms with E-state index in [1.165, 1.54) is 0 Å². The molecule has 1 heterocycles. The molecule has 1 aliphatic rings. The minimum absolute atomic E-state index is 0.299. The molecule has 162 valence electrons. The first-order chi connectivity index (χ1) is 15.6. The predicted molar refractivity (Wildman–Crippen MR) is 120 cm³/mol. The number of carbonyl (C=O) groups is 2. The van der Waals surface area contributed by atoms with Crippen LogP contribution in [0.2, 0.25) is 0 Å². The molecule has 0 aromatic heterocycles. The second-order valence-electron chi connectivity index (χ2n) is 7.29. The fourth-order valence-corrected chi connectivity index (χ4v) is 3.72. The van der Waals surface area contributed by atoms with Crippen molar-refractivity contribution in [3.05, 3.63) is 95.6 Å². The van der Waals surface area contributed by atoms with Gasteiger partial charge in [-0.05, 0) is 36.4 Å². The standard InChI is InChI=1S/C25H23N3O4/c1-31-20-14-12-18(13-15-20)24(29)26-22-23(17-8-4-3-5-9-17)28(27-25(22)30)16-19-10-6-7-11-21(19)32-2/h3-16,22-23H,1-2H3,(H-,26,27,29,30)/p+1/b28-16-/t22-,23-/m0/s1. The molecular weight excluding hydrogens is 406 g/mol. The number of nitrogens with one attached hydrogen (secondary N) is 2. The lowest BCUT2D eigenvalue weighted by atomic mass is 10.00. The lowest BCUT2D eigenvalue weighted by Gasteiger charge is -2.15. The van der Waals surface area contributed by atoms with Gasteiger partial charge in [-0.2, -0.15) is 0 Å². The zero-order valence-corrected chi connectivity index (χ0v) is 17.8. The van der Waals surface area contributed by atoms with Crippen molar-refractivity contribution < 1.29 is 23.7 Å². The van der Waals surface area contributed by atoms with Gasteiger partial charge in [0.15, 0.2) is 6.04 Å². The van der Waals surface area contributed by atoms with E-state index in [0.717, 1.165) is 11.1 Å². The summed E-state index contributed by atoms with van der Waals surface area (Å²) in [6.45, 7) is 0. The first kappa shape index (κ1) is 21.1. The molecule has 7 heteroatoms. The summed E-state index contributed by atoms with van der Waals surface area (Å²) < 4.78 is 12.3. The van der Waals surface area contributed by atoms with Crippen LogP contribution in [0.3, 0.4) is 0 Å². The third-order valence-electron chi connectivity index (χ3n) is 5.33. The van der Waals surface area contributed by atoms with Crippen molar-refractivity contribution >= 4 is 18.0 Å². The van der Waals surface area contributed by atoms with Gasteiger partial charge >= 0.3 is 5.91 Å². The van der Waals surface area contributed by atoms with Crippen LogP contribution in [0.1, 0.15) is 27.5 Å². The highest BCUT2D eigenvalue weighted by Gasteiger charge is 2.47. The van der Waals surface area contributed by atoms with Crippen LogP contribution in [-0.4, -0.2) is 43.0 Å². The van der Waals surface area contributed by atoms with E-state index in [-0.39, 0.29) is 11.8 Å². The fraction of sp³-hybridized carbons (Fsp3) is 0.160. The summed E-state index contributed by atoms with van der Waals surface area (Å²) in [6.07, 6.45) is 1.81. The van der Waals surface area contributed by atoms with Crippen molar-refractivity contribution in [3.8, 4) is 11.5 Å². The largest absolute Gasteiger partial charge is 0.497 e. The van der Waals surface area contributed by atoms with Crippen molar-refractivity contribution in [2.45, 2.75) is 12.1 Å². The molecule has 0 spiro atoms. The highest BCUT2D eigenvalue weighted by atomic mass is 16.5. The number of carbonyl (C=O) groups excluding carboxylic acids is 2. The molecule has 0 bridgehead atoms. The summed E-state index contributed by atoms with van der Waals surface area (Å²) in [5.74, 6) is 0.693. The number of hydrazone groups is 1. The molecular formula is C25H24N3O4+. The Balaban J connectivity index is 1.68. The number of methoxy groups -OCH3 is 2. The van der Waals surface area contributed by atoms with Gasteiger partial charge in [-0.1, -0.05) is 42.5 Å². The molecule has 0 radical (unpaired) electrons. The van der Waals surface area contributed by atoms with E-state index in [9.17, 15) is 9.59 Å². The van der Waals surface area contributed by atoms with Gasteiger partial charge in [0.2, 0.25) is 12.3 Å². The predicted octanol–water partition coefficient (Wildman–Crippen LogP) is 2.72. The highest BCUT2D eigenvalue weighted by Crippen LogP contribution is 2.26. The van der Waals surface area contributed by atoms with Crippen LogP contribution in [0.5, 0.6) is 11.5 Å². The third kappa shape index (κ3) is 4.32. The molecule has 3 aromatic carbocycles. The van der Waals surface area contributed by atoms with Gasteiger partial charge in [-0.3, -0.25) is 9.59 Å². The Kier molecular flexibility index (Phi) is 6.17. The summed E-state index contributed by atoms with van der Waals surface area (Å²) in [7, 11) is 3.16. The molecule has 7 nitrogen and oxygen atoms in total. The normalized spacial score (nSPS) is 18.8. The van der Waals surface area contributed by atoms with Crippen LogP contribution < -0.4 is 20.2 Å². The topological polar surface area (TPSA) is 79.7 Å². The second kappa shape index (κ2) is 9.34. The molecule has 2 amide bonds. The molecule has 3 aromatic rings. The maximum atomic E-state index is 12.9. The van der Waals surface area contributed by atoms with Gasteiger partial charge in [0.05, 0.1) is 19.8 Å². The summed E-state index contributed by atoms with van der Waals surface area (Å²) in [5.41, 5.74) is 5.01. The fourth-order valence-electron chi connectivity index (χ4n) is 3.72. The highest BCUT2D eigenvalue weighted by molar-refractivity contribution is 5.98. The zero-order valence-electron chi connectivity index (χ0n) is 17.8. The van der Waals surface area contributed by atoms with Gasteiger partial charge in [0.25, 0.3) is 5.91 Å². The van der Waals surface area contributed by atoms with Crippen LogP contribution in [0.15, 0.2) is 78.9 Å². The lowest BCUT2D eigenvalue weighted by molar-refractivity contribution is -0.596. The minimum Gasteiger partial charge on any atom is -0.497 e. The van der Waals surface area contributed by atoms with Crippen molar-refractivity contribution in [1.29, 1.82) is 0 Å². The number of ether oxygens (including phenoxy) is 2. The molecule has 2 N–H and O–H groups in total. The van der Waals surface area contributed by atoms with E-state index in [0.29, 0.717) is 17.1 Å². The molecule has 0 unspecified atom stereocenters. The average molecular weight is 430 g/mol. The first-order valence-corrected chi connectivity index (χ1v) is 10.2. The summed E-state index contributed by atoms with van der Waals surface area (Å²) in [4.78, 5) is 25.8. The van der Waals surface area contributed by atoms with E-state index in [4.69, 9.17) is 9.47 Å². The Hall–Kier alpha value is -4.13. The number of hydrogen-bond acceptors (Lipinski definition) is 4. The zero-order chi connectivity index (χ0) is 22.5. The molecule has 0 saturated carbocycles. The Morgan fingerprint density at radius 1 is 0.938 bits per heavy atom. The first-order valence-electron chi connectivity index (χ1n) is 10.2. The maximum Gasteiger partial charge on any atom is 0.304 e. The SMILES string of the molecule is COc1ccc(C(=O)N[C@@H]2C(=O)N/[N+](=C\c3ccccc3OC)[C@H]2c2ccccc2)cc1. The van der Waals surface area contributed by atoms with Crippen LogP contribution >= 0.6 is 0 Å². The van der Waals surface area contributed by atoms with E-state index < -0.39 is 12.1 Å².